The Hall–Kier alpha value is -1.84. The van der Waals surface area contributed by atoms with Crippen molar-refractivity contribution in [2.45, 2.75) is 23.9 Å². The fourth-order valence-corrected chi connectivity index (χ4v) is 2.65. The molecule has 0 saturated heterocycles. The summed E-state index contributed by atoms with van der Waals surface area (Å²) in [7, 11) is 1.70. The van der Waals surface area contributed by atoms with Crippen LogP contribution >= 0.6 is 11.8 Å². The first kappa shape index (κ1) is 14.6. The zero-order chi connectivity index (χ0) is 14.2. The Morgan fingerprint density at radius 2 is 2.35 bits per heavy atom. The molecule has 0 spiro atoms. The molecule has 0 amide bonds. The third-order valence-electron chi connectivity index (χ3n) is 2.75. The van der Waals surface area contributed by atoms with E-state index < -0.39 is 0 Å². The number of benzene rings is 1. The average molecular weight is 288 g/mol. The minimum Gasteiger partial charge on any atom is -0.385 e. The van der Waals surface area contributed by atoms with Crippen LogP contribution < -0.4 is 0 Å². The lowest BCUT2D eigenvalue weighted by atomic mass is 10.2. The minimum absolute atomic E-state index is 0.685. The van der Waals surface area contributed by atoms with Crippen LogP contribution in [0.2, 0.25) is 0 Å². The summed E-state index contributed by atoms with van der Waals surface area (Å²) in [5, 5.41) is 17.8. The van der Waals surface area contributed by atoms with Gasteiger partial charge in [-0.25, -0.2) is 0 Å². The lowest BCUT2D eigenvalue weighted by molar-refractivity contribution is 0.189. The van der Waals surface area contributed by atoms with E-state index in [2.05, 4.69) is 16.3 Å². The third kappa shape index (κ3) is 4.08. The molecule has 0 aliphatic rings. The van der Waals surface area contributed by atoms with E-state index >= 15 is 0 Å². The number of methoxy groups -OCH3 is 1. The maximum atomic E-state index is 8.88. The topological polar surface area (TPSA) is 63.7 Å². The normalized spacial score (nSPS) is 10.4. The van der Waals surface area contributed by atoms with E-state index in [9.17, 15) is 0 Å². The van der Waals surface area contributed by atoms with Crippen molar-refractivity contribution >= 4 is 11.8 Å². The van der Waals surface area contributed by atoms with Crippen LogP contribution in [0, 0.1) is 11.3 Å². The minimum atomic E-state index is 0.685. The van der Waals surface area contributed by atoms with Crippen LogP contribution in [0.5, 0.6) is 0 Å². The van der Waals surface area contributed by atoms with Gasteiger partial charge in [0.2, 0.25) is 0 Å². The molecule has 1 aromatic heterocycles. The van der Waals surface area contributed by atoms with E-state index in [-0.39, 0.29) is 0 Å². The largest absolute Gasteiger partial charge is 0.385 e. The maximum Gasteiger partial charge on any atom is 0.191 e. The molecule has 0 saturated carbocycles. The van der Waals surface area contributed by atoms with Gasteiger partial charge in [0, 0.05) is 26.0 Å². The van der Waals surface area contributed by atoms with Crippen molar-refractivity contribution in [3.05, 3.63) is 41.7 Å². The number of aryl methyl sites for hydroxylation is 1. The van der Waals surface area contributed by atoms with Crippen LogP contribution in [-0.2, 0) is 17.0 Å². The molecule has 0 bridgehead atoms. The summed E-state index contributed by atoms with van der Waals surface area (Å²) < 4.78 is 7.07. The van der Waals surface area contributed by atoms with Gasteiger partial charge >= 0.3 is 0 Å². The lowest BCUT2D eigenvalue weighted by Gasteiger charge is -2.06. The molecule has 104 valence electrons. The number of rotatable bonds is 7. The number of ether oxygens (including phenoxy) is 1. The van der Waals surface area contributed by atoms with Crippen molar-refractivity contribution in [2.75, 3.05) is 13.7 Å². The van der Waals surface area contributed by atoms with E-state index in [0.29, 0.717) is 5.56 Å². The fourth-order valence-electron chi connectivity index (χ4n) is 1.77. The molecule has 0 radical (unpaired) electrons. The quantitative estimate of drug-likeness (QED) is 0.578. The Morgan fingerprint density at radius 1 is 1.45 bits per heavy atom. The van der Waals surface area contributed by atoms with Gasteiger partial charge in [-0.05, 0) is 24.1 Å². The van der Waals surface area contributed by atoms with E-state index in [1.807, 2.05) is 22.8 Å². The molecule has 20 heavy (non-hydrogen) atoms. The van der Waals surface area contributed by atoms with Crippen molar-refractivity contribution in [1.82, 2.24) is 14.8 Å². The molecule has 1 aromatic carbocycles. The van der Waals surface area contributed by atoms with Gasteiger partial charge in [0.1, 0.15) is 6.33 Å². The number of nitriles is 1. The van der Waals surface area contributed by atoms with Crippen LogP contribution in [-0.4, -0.2) is 28.5 Å². The van der Waals surface area contributed by atoms with Gasteiger partial charge in [0.25, 0.3) is 0 Å². The second-order valence-corrected chi connectivity index (χ2v) is 5.20. The molecule has 0 unspecified atom stereocenters. The number of hydrogen-bond acceptors (Lipinski definition) is 5. The molecule has 5 nitrogen and oxygen atoms in total. The highest BCUT2D eigenvalue weighted by Crippen LogP contribution is 2.21. The first-order valence-corrected chi connectivity index (χ1v) is 7.30. The Balaban J connectivity index is 1.93. The predicted octanol–water partition coefficient (Wildman–Crippen LogP) is 2.48. The van der Waals surface area contributed by atoms with Crippen molar-refractivity contribution < 1.29 is 4.74 Å². The first-order chi connectivity index (χ1) is 9.83. The summed E-state index contributed by atoms with van der Waals surface area (Å²) in [6, 6.07) is 9.77. The summed E-state index contributed by atoms with van der Waals surface area (Å²) >= 11 is 1.62. The molecule has 1 heterocycles. The Morgan fingerprint density at radius 3 is 3.15 bits per heavy atom. The maximum absolute atomic E-state index is 8.88. The van der Waals surface area contributed by atoms with Gasteiger partial charge in [-0.2, -0.15) is 5.26 Å². The zero-order valence-electron chi connectivity index (χ0n) is 11.3. The Bertz CT molecular complexity index is 591. The molecule has 2 rings (SSSR count). The molecule has 0 aliphatic heterocycles. The van der Waals surface area contributed by atoms with Gasteiger partial charge < -0.3 is 9.30 Å². The van der Waals surface area contributed by atoms with Crippen LogP contribution in [0.1, 0.15) is 17.5 Å². The molecular weight excluding hydrogens is 272 g/mol. The average Bonchev–Trinajstić information content (AvgIpc) is 2.93. The van der Waals surface area contributed by atoms with E-state index in [0.717, 1.165) is 36.0 Å². The summed E-state index contributed by atoms with van der Waals surface area (Å²) in [4.78, 5) is 0. The smallest absolute Gasteiger partial charge is 0.191 e. The molecule has 0 fully saturated rings. The standard InChI is InChI=1S/C14H16N4OS/c1-19-7-3-6-18-11-16-17-14(18)20-10-13-5-2-4-12(8-13)9-15/h2,4-5,8,11H,3,6-7,10H2,1H3. The van der Waals surface area contributed by atoms with Gasteiger partial charge in [0.15, 0.2) is 5.16 Å². The van der Waals surface area contributed by atoms with Crippen LogP contribution in [0.25, 0.3) is 0 Å². The lowest BCUT2D eigenvalue weighted by Crippen LogP contribution is -2.02. The van der Waals surface area contributed by atoms with Crippen LogP contribution in [0.4, 0.5) is 0 Å². The summed E-state index contributed by atoms with van der Waals surface area (Å²) in [6.07, 6.45) is 2.68. The van der Waals surface area contributed by atoms with Crippen molar-refractivity contribution in [1.29, 1.82) is 5.26 Å². The first-order valence-electron chi connectivity index (χ1n) is 6.32. The van der Waals surface area contributed by atoms with Gasteiger partial charge in [0.05, 0.1) is 11.6 Å². The summed E-state index contributed by atoms with van der Waals surface area (Å²) in [5.74, 6) is 0.776. The highest BCUT2D eigenvalue weighted by atomic mass is 32.2. The van der Waals surface area contributed by atoms with Crippen LogP contribution in [0.3, 0.4) is 0 Å². The van der Waals surface area contributed by atoms with E-state index in [4.69, 9.17) is 10.00 Å². The fraction of sp³-hybridized carbons (Fsp3) is 0.357. The second-order valence-electron chi connectivity index (χ2n) is 4.25. The third-order valence-corrected chi connectivity index (χ3v) is 3.80. The summed E-state index contributed by atoms with van der Waals surface area (Å²) in [5.41, 5.74) is 1.80. The molecule has 6 heteroatoms. The highest BCUT2D eigenvalue weighted by Gasteiger charge is 2.05. The van der Waals surface area contributed by atoms with Crippen molar-refractivity contribution in [3.8, 4) is 6.07 Å². The van der Waals surface area contributed by atoms with Gasteiger partial charge in [-0.15, -0.1) is 10.2 Å². The molecular formula is C14H16N4OS. The van der Waals surface area contributed by atoms with Crippen LogP contribution in [0.15, 0.2) is 35.7 Å². The molecule has 0 atom stereocenters. The number of hydrogen-bond donors (Lipinski definition) is 0. The van der Waals surface area contributed by atoms with E-state index in [1.54, 1.807) is 31.3 Å². The SMILES string of the molecule is COCCCn1cnnc1SCc1cccc(C#N)c1. The van der Waals surface area contributed by atoms with Crippen molar-refractivity contribution in [3.63, 3.8) is 0 Å². The number of thioether (sulfide) groups is 1. The highest BCUT2D eigenvalue weighted by molar-refractivity contribution is 7.98. The molecule has 0 aliphatic carbocycles. The van der Waals surface area contributed by atoms with Gasteiger partial charge in [-0.1, -0.05) is 23.9 Å². The molecule has 2 aromatic rings. The number of nitrogens with zero attached hydrogens (tertiary/aromatic N) is 4. The van der Waals surface area contributed by atoms with Gasteiger partial charge in [-0.3, -0.25) is 0 Å². The summed E-state index contributed by atoms with van der Waals surface area (Å²) in [6.45, 7) is 1.58. The monoisotopic (exact) mass is 288 g/mol. The molecule has 0 N–H and O–H groups in total. The predicted molar refractivity (Wildman–Crippen MR) is 77.2 cm³/mol. The van der Waals surface area contributed by atoms with Crippen molar-refractivity contribution in [2.24, 2.45) is 0 Å². The van der Waals surface area contributed by atoms with E-state index in [1.165, 1.54) is 0 Å². The Labute approximate surface area is 122 Å². The number of aromatic nitrogens is 3. The zero-order valence-corrected chi connectivity index (χ0v) is 12.1. The Kier molecular flexibility index (Phi) is 5.59. The second kappa shape index (κ2) is 7.68.